The van der Waals surface area contributed by atoms with Crippen LogP contribution in [0.25, 0.3) is 0 Å². The zero-order chi connectivity index (χ0) is 17.8. The second kappa shape index (κ2) is 7.74. The second-order valence-electron chi connectivity index (χ2n) is 6.33. The lowest BCUT2D eigenvalue weighted by atomic mass is 10.1. The van der Waals surface area contributed by atoms with Gasteiger partial charge < -0.3 is 10.4 Å². The molecular formula is C18H19FN2O3S. The number of amides is 1. The highest BCUT2D eigenvalue weighted by Gasteiger charge is 2.30. The molecule has 0 radical (unpaired) electrons. The van der Waals surface area contributed by atoms with Gasteiger partial charge in [0.25, 0.3) is 0 Å². The summed E-state index contributed by atoms with van der Waals surface area (Å²) >= 11 is 1.48. The third kappa shape index (κ3) is 4.85. The van der Waals surface area contributed by atoms with E-state index in [1.807, 2.05) is 5.38 Å². The third-order valence-electron chi connectivity index (χ3n) is 4.36. The monoisotopic (exact) mass is 362 g/mol. The molecule has 0 spiro atoms. The van der Waals surface area contributed by atoms with Crippen LogP contribution in [0, 0.1) is 11.7 Å². The Bertz CT molecular complexity index is 760. The van der Waals surface area contributed by atoms with Gasteiger partial charge in [0.05, 0.1) is 23.0 Å². The molecule has 132 valence electrons. The highest BCUT2D eigenvalue weighted by molar-refractivity contribution is 7.09. The number of carboxylic acid groups (broad SMARTS) is 1. The Balaban J connectivity index is 1.50. The summed E-state index contributed by atoms with van der Waals surface area (Å²) in [5, 5.41) is 14.6. The molecule has 2 atom stereocenters. The van der Waals surface area contributed by atoms with E-state index in [0.717, 1.165) is 10.6 Å². The molecule has 5 nitrogen and oxygen atoms in total. The van der Waals surface area contributed by atoms with Crippen molar-refractivity contribution in [2.45, 2.75) is 38.1 Å². The quantitative estimate of drug-likeness (QED) is 0.828. The summed E-state index contributed by atoms with van der Waals surface area (Å²) < 4.78 is 12.9. The summed E-state index contributed by atoms with van der Waals surface area (Å²) in [5.41, 5.74) is 1.67. The maximum atomic E-state index is 12.9. The summed E-state index contributed by atoms with van der Waals surface area (Å²) in [6, 6.07) is 6.22. The number of thiazole rings is 1. The molecule has 1 saturated carbocycles. The third-order valence-corrected chi connectivity index (χ3v) is 5.25. The number of halogens is 1. The van der Waals surface area contributed by atoms with Crippen molar-refractivity contribution in [2.24, 2.45) is 5.92 Å². The van der Waals surface area contributed by atoms with E-state index in [2.05, 4.69) is 10.3 Å². The predicted molar refractivity (Wildman–Crippen MR) is 91.9 cm³/mol. The van der Waals surface area contributed by atoms with Gasteiger partial charge in [0.2, 0.25) is 5.91 Å². The Morgan fingerprint density at radius 1 is 1.28 bits per heavy atom. The van der Waals surface area contributed by atoms with Gasteiger partial charge in [-0.05, 0) is 37.0 Å². The molecular weight excluding hydrogens is 343 g/mol. The van der Waals surface area contributed by atoms with E-state index in [-0.39, 0.29) is 30.1 Å². The summed E-state index contributed by atoms with van der Waals surface area (Å²) in [7, 11) is 0. The first kappa shape index (κ1) is 17.5. The van der Waals surface area contributed by atoms with Gasteiger partial charge in [0.1, 0.15) is 5.82 Å². The topological polar surface area (TPSA) is 79.3 Å². The molecule has 1 aromatic heterocycles. The number of nitrogens with zero attached hydrogens (tertiary/aromatic N) is 1. The standard InChI is InChI=1S/C18H19FN2O3S/c19-13-4-1-11(2-5-13)7-17-21-15(10-25-17)9-16(22)20-14-6-3-12(8-14)18(23)24/h1-2,4-5,10,12,14H,3,6-9H2,(H,20,22)(H,23,24)/t12-,14+/m0/s1. The van der Waals surface area contributed by atoms with Crippen molar-refractivity contribution in [3.63, 3.8) is 0 Å². The van der Waals surface area contributed by atoms with Gasteiger partial charge in [-0.3, -0.25) is 9.59 Å². The largest absolute Gasteiger partial charge is 0.481 e. The average molecular weight is 362 g/mol. The van der Waals surface area contributed by atoms with Crippen LogP contribution in [-0.4, -0.2) is 28.0 Å². The van der Waals surface area contributed by atoms with E-state index < -0.39 is 5.97 Å². The molecule has 1 heterocycles. The molecule has 2 aromatic rings. The Kier molecular flexibility index (Phi) is 5.43. The normalized spacial score (nSPS) is 19.7. The van der Waals surface area contributed by atoms with Crippen molar-refractivity contribution in [3.05, 3.63) is 51.7 Å². The van der Waals surface area contributed by atoms with Crippen molar-refractivity contribution in [2.75, 3.05) is 0 Å². The minimum Gasteiger partial charge on any atom is -0.481 e. The van der Waals surface area contributed by atoms with Gasteiger partial charge in [0, 0.05) is 17.8 Å². The van der Waals surface area contributed by atoms with E-state index in [0.29, 0.717) is 31.4 Å². The van der Waals surface area contributed by atoms with Crippen molar-refractivity contribution >= 4 is 23.2 Å². The highest BCUT2D eigenvalue weighted by Crippen LogP contribution is 2.25. The van der Waals surface area contributed by atoms with Crippen molar-refractivity contribution in [3.8, 4) is 0 Å². The van der Waals surface area contributed by atoms with Gasteiger partial charge >= 0.3 is 5.97 Å². The van der Waals surface area contributed by atoms with Crippen LogP contribution < -0.4 is 5.32 Å². The second-order valence-corrected chi connectivity index (χ2v) is 7.27. The van der Waals surface area contributed by atoms with Gasteiger partial charge in [0.15, 0.2) is 0 Å². The maximum absolute atomic E-state index is 12.9. The van der Waals surface area contributed by atoms with Gasteiger partial charge in [-0.25, -0.2) is 9.37 Å². The first-order valence-electron chi connectivity index (χ1n) is 8.19. The van der Waals surface area contributed by atoms with Crippen molar-refractivity contribution in [1.82, 2.24) is 10.3 Å². The molecule has 1 amide bonds. The maximum Gasteiger partial charge on any atom is 0.306 e. The molecule has 0 aliphatic heterocycles. The number of nitrogens with one attached hydrogen (secondary N) is 1. The summed E-state index contributed by atoms with van der Waals surface area (Å²) in [6.07, 6.45) is 2.60. The van der Waals surface area contributed by atoms with E-state index >= 15 is 0 Å². The Hall–Kier alpha value is -2.28. The lowest BCUT2D eigenvalue weighted by Gasteiger charge is -2.11. The molecule has 0 saturated heterocycles. The summed E-state index contributed by atoms with van der Waals surface area (Å²) in [4.78, 5) is 27.5. The smallest absolute Gasteiger partial charge is 0.306 e. The van der Waals surface area contributed by atoms with Gasteiger partial charge in [-0.2, -0.15) is 0 Å². The molecule has 25 heavy (non-hydrogen) atoms. The molecule has 2 N–H and O–H groups in total. The van der Waals surface area contributed by atoms with Crippen molar-refractivity contribution < 1.29 is 19.1 Å². The molecule has 0 unspecified atom stereocenters. The minimum atomic E-state index is -0.790. The molecule has 7 heteroatoms. The number of carbonyl (C=O) groups excluding carboxylic acids is 1. The Morgan fingerprint density at radius 2 is 2.04 bits per heavy atom. The van der Waals surface area contributed by atoms with Crippen LogP contribution in [0.4, 0.5) is 4.39 Å². The number of rotatable bonds is 6. The van der Waals surface area contributed by atoms with E-state index in [4.69, 9.17) is 5.11 Å². The fourth-order valence-corrected chi connectivity index (χ4v) is 3.90. The minimum absolute atomic E-state index is 0.0640. The van der Waals surface area contributed by atoms with Gasteiger partial charge in [-0.1, -0.05) is 12.1 Å². The Labute approximate surface area is 148 Å². The predicted octanol–water partition coefficient (Wildman–Crippen LogP) is 2.79. The lowest BCUT2D eigenvalue weighted by Crippen LogP contribution is -2.34. The van der Waals surface area contributed by atoms with Crippen LogP contribution in [0.5, 0.6) is 0 Å². The number of benzene rings is 1. The van der Waals surface area contributed by atoms with Gasteiger partial charge in [-0.15, -0.1) is 11.3 Å². The zero-order valence-corrected chi connectivity index (χ0v) is 14.4. The molecule has 3 rings (SSSR count). The van der Waals surface area contributed by atoms with Crippen LogP contribution in [0.1, 0.15) is 35.5 Å². The lowest BCUT2D eigenvalue weighted by molar-refractivity contribution is -0.141. The van der Waals surface area contributed by atoms with E-state index in [1.54, 1.807) is 12.1 Å². The number of carbonyl (C=O) groups is 2. The highest BCUT2D eigenvalue weighted by atomic mass is 32.1. The SMILES string of the molecule is O=C(Cc1csc(Cc2ccc(F)cc2)n1)N[C@@H]1CC[C@H](C(=O)O)C1. The molecule has 1 aliphatic rings. The molecule has 0 bridgehead atoms. The number of hydrogen-bond acceptors (Lipinski definition) is 4. The molecule has 1 aliphatic carbocycles. The number of carboxylic acids is 1. The summed E-state index contributed by atoms with van der Waals surface area (Å²) in [5.74, 6) is -1.54. The van der Waals surface area contributed by atoms with Crippen LogP contribution in [0.15, 0.2) is 29.6 Å². The number of hydrogen-bond donors (Lipinski definition) is 2. The molecule has 1 aromatic carbocycles. The fraction of sp³-hybridized carbons (Fsp3) is 0.389. The number of aliphatic carboxylic acids is 1. The first-order valence-corrected chi connectivity index (χ1v) is 9.07. The number of aromatic nitrogens is 1. The first-order chi connectivity index (χ1) is 12.0. The molecule has 1 fully saturated rings. The van der Waals surface area contributed by atoms with E-state index in [9.17, 15) is 14.0 Å². The Morgan fingerprint density at radius 3 is 2.72 bits per heavy atom. The fourth-order valence-electron chi connectivity index (χ4n) is 3.07. The zero-order valence-electron chi connectivity index (χ0n) is 13.6. The van der Waals surface area contributed by atoms with Crippen LogP contribution in [0.3, 0.4) is 0 Å². The van der Waals surface area contributed by atoms with E-state index in [1.165, 1.54) is 23.5 Å². The van der Waals surface area contributed by atoms with Crippen LogP contribution in [0.2, 0.25) is 0 Å². The van der Waals surface area contributed by atoms with Crippen LogP contribution in [-0.2, 0) is 22.4 Å². The average Bonchev–Trinajstić information content (AvgIpc) is 3.19. The van der Waals surface area contributed by atoms with Crippen LogP contribution >= 0.6 is 11.3 Å². The summed E-state index contributed by atoms with van der Waals surface area (Å²) in [6.45, 7) is 0. The van der Waals surface area contributed by atoms with Crippen molar-refractivity contribution in [1.29, 1.82) is 0 Å².